The van der Waals surface area contributed by atoms with Crippen LogP contribution in [0.2, 0.25) is 0 Å². The highest BCUT2D eigenvalue weighted by Gasteiger charge is 2.18. The number of hydrogen-bond acceptors (Lipinski definition) is 5. The number of benzene rings is 3. The number of hydrogen-bond donors (Lipinski definition) is 1. The predicted molar refractivity (Wildman–Crippen MR) is 113 cm³/mol. The number of fused-ring (bicyclic) bond motifs is 1. The molecule has 0 unspecified atom stereocenters. The van der Waals surface area contributed by atoms with Crippen molar-refractivity contribution in [2.45, 2.75) is 6.92 Å². The van der Waals surface area contributed by atoms with Crippen molar-refractivity contribution in [3.05, 3.63) is 86.4 Å². The van der Waals surface area contributed by atoms with Crippen molar-refractivity contribution in [2.75, 3.05) is 5.32 Å². The normalized spacial score (nSPS) is 10.8. The van der Waals surface area contributed by atoms with Crippen LogP contribution in [-0.4, -0.2) is 15.8 Å². The lowest BCUT2D eigenvalue weighted by Gasteiger charge is -2.07. The van der Waals surface area contributed by atoms with Gasteiger partial charge in [0.2, 0.25) is 5.89 Å². The molecule has 1 N–H and O–H groups in total. The number of nitrogens with zero attached hydrogens (tertiary/aromatic N) is 2. The summed E-state index contributed by atoms with van der Waals surface area (Å²) >= 11 is 3.42. The van der Waals surface area contributed by atoms with E-state index in [1.165, 1.54) is 12.1 Å². The first-order valence-electron chi connectivity index (χ1n) is 8.64. The molecule has 1 amide bonds. The minimum absolute atomic E-state index is 0.0942. The van der Waals surface area contributed by atoms with E-state index in [0.717, 1.165) is 10.0 Å². The molecule has 7 nitrogen and oxygen atoms in total. The second kappa shape index (κ2) is 7.48. The molecule has 1 aromatic heterocycles. The third-order valence-electron chi connectivity index (χ3n) is 4.46. The van der Waals surface area contributed by atoms with Gasteiger partial charge in [0.25, 0.3) is 11.6 Å². The van der Waals surface area contributed by atoms with Crippen LogP contribution < -0.4 is 5.32 Å². The third kappa shape index (κ3) is 3.74. The maximum absolute atomic E-state index is 12.6. The molecule has 0 aliphatic heterocycles. The third-order valence-corrected chi connectivity index (χ3v) is 4.96. The van der Waals surface area contributed by atoms with E-state index in [9.17, 15) is 14.9 Å². The standard InChI is InChI=1S/C21H14BrN3O4/c1-12-16(6-3-7-18(12)25(27)28)20(26)23-15-8-9-19-17(11-15)24-21(29-19)13-4-2-5-14(22)10-13/h2-11H,1H3,(H,23,26). The summed E-state index contributed by atoms with van der Waals surface area (Å²) in [6, 6.07) is 17.1. The number of halogens is 1. The molecule has 0 atom stereocenters. The number of nitro groups is 1. The van der Waals surface area contributed by atoms with Gasteiger partial charge in [-0.1, -0.05) is 28.1 Å². The zero-order valence-electron chi connectivity index (χ0n) is 15.2. The summed E-state index contributed by atoms with van der Waals surface area (Å²) in [4.78, 5) is 27.7. The zero-order chi connectivity index (χ0) is 20.5. The molecule has 1 heterocycles. The molecule has 0 bridgehead atoms. The lowest BCUT2D eigenvalue weighted by molar-refractivity contribution is -0.385. The van der Waals surface area contributed by atoms with Gasteiger partial charge in [-0.25, -0.2) is 4.98 Å². The Bertz CT molecular complexity index is 1270. The summed E-state index contributed by atoms with van der Waals surface area (Å²) < 4.78 is 6.71. The summed E-state index contributed by atoms with van der Waals surface area (Å²) in [5.41, 5.74) is 2.99. The van der Waals surface area contributed by atoms with Crippen LogP contribution in [-0.2, 0) is 0 Å². The first kappa shape index (κ1) is 18.8. The second-order valence-corrected chi connectivity index (χ2v) is 7.29. The highest BCUT2D eigenvalue weighted by molar-refractivity contribution is 9.10. The van der Waals surface area contributed by atoms with Gasteiger partial charge in [0, 0.05) is 32.9 Å². The molecule has 0 radical (unpaired) electrons. The van der Waals surface area contributed by atoms with E-state index in [-0.39, 0.29) is 11.3 Å². The van der Waals surface area contributed by atoms with E-state index in [0.29, 0.717) is 28.2 Å². The minimum atomic E-state index is -0.503. The van der Waals surface area contributed by atoms with Gasteiger partial charge in [0.05, 0.1) is 4.92 Å². The maximum atomic E-state index is 12.6. The van der Waals surface area contributed by atoms with Crippen molar-refractivity contribution in [2.24, 2.45) is 0 Å². The molecule has 0 spiro atoms. The highest BCUT2D eigenvalue weighted by atomic mass is 79.9. The quantitative estimate of drug-likeness (QED) is 0.315. The van der Waals surface area contributed by atoms with Crippen LogP contribution in [0.25, 0.3) is 22.6 Å². The van der Waals surface area contributed by atoms with Gasteiger partial charge < -0.3 is 9.73 Å². The van der Waals surface area contributed by atoms with Gasteiger partial charge in [0.1, 0.15) is 5.52 Å². The SMILES string of the molecule is Cc1c(C(=O)Nc2ccc3oc(-c4cccc(Br)c4)nc3c2)cccc1[N+](=O)[O-]. The van der Waals surface area contributed by atoms with E-state index in [1.54, 1.807) is 31.2 Å². The van der Waals surface area contributed by atoms with E-state index >= 15 is 0 Å². The first-order chi connectivity index (χ1) is 13.9. The molecule has 4 rings (SSSR count). The molecular weight excluding hydrogens is 438 g/mol. The second-order valence-electron chi connectivity index (χ2n) is 6.37. The fourth-order valence-corrected chi connectivity index (χ4v) is 3.42. The fraction of sp³-hybridized carbons (Fsp3) is 0.0476. The van der Waals surface area contributed by atoms with E-state index < -0.39 is 10.8 Å². The van der Waals surface area contributed by atoms with Gasteiger partial charge in [-0.15, -0.1) is 0 Å². The van der Waals surface area contributed by atoms with Crippen molar-refractivity contribution < 1.29 is 14.1 Å². The molecule has 144 valence electrons. The number of carbonyl (C=O) groups excluding carboxylic acids is 1. The van der Waals surface area contributed by atoms with Crippen LogP contribution in [0, 0.1) is 17.0 Å². The lowest BCUT2D eigenvalue weighted by Crippen LogP contribution is -2.14. The van der Waals surface area contributed by atoms with Crippen LogP contribution in [0.3, 0.4) is 0 Å². The van der Waals surface area contributed by atoms with E-state index in [2.05, 4.69) is 26.2 Å². The number of aromatic nitrogens is 1. The number of nitrogens with one attached hydrogen (secondary N) is 1. The van der Waals surface area contributed by atoms with Crippen LogP contribution in [0.1, 0.15) is 15.9 Å². The van der Waals surface area contributed by atoms with E-state index in [4.69, 9.17) is 4.42 Å². The largest absolute Gasteiger partial charge is 0.436 e. The molecule has 0 saturated carbocycles. The van der Waals surface area contributed by atoms with Gasteiger partial charge in [-0.2, -0.15) is 0 Å². The summed E-state index contributed by atoms with van der Waals surface area (Å²) in [6.45, 7) is 1.55. The Kier molecular flexibility index (Phi) is 4.85. The van der Waals surface area contributed by atoms with Gasteiger partial charge in [-0.3, -0.25) is 14.9 Å². The molecule has 3 aromatic carbocycles. The number of nitro benzene ring substituents is 1. The summed E-state index contributed by atoms with van der Waals surface area (Å²) in [6.07, 6.45) is 0. The van der Waals surface area contributed by atoms with Crippen LogP contribution in [0.5, 0.6) is 0 Å². The van der Waals surface area contributed by atoms with Crippen molar-refractivity contribution in [3.8, 4) is 11.5 Å². The average molecular weight is 452 g/mol. The first-order valence-corrected chi connectivity index (χ1v) is 9.43. The van der Waals surface area contributed by atoms with Crippen LogP contribution in [0.15, 0.2) is 69.6 Å². The number of rotatable bonds is 4. The summed E-state index contributed by atoms with van der Waals surface area (Å²) in [5, 5.41) is 13.9. The van der Waals surface area contributed by atoms with Gasteiger partial charge in [0.15, 0.2) is 5.58 Å². The number of anilines is 1. The molecule has 0 aliphatic carbocycles. The Morgan fingerprint density at radius 3 is 2.69 bits per heavy atom. The lowest BCUT2D eigenvalue weighted by atomic mass is 10.1. The molecule has 0 aliphatic rings. The number of amides is 1. The van der Waals surface area contributed by atoms with Gasteiger partial charge >= 0.3 is 0 Å². The minimum Gasteiger partial charge on any atom is -0.436 e. The van der Waals surface area contributed by atoms with E-state index in [1.807, 2.05) is 24.3 Å². The Morgan fingerprint density at radius 1 is 1.14 bits per heavy atom. The molecule has 0 fully saturated rings. The monoisotopic (exact) mass is 451 g/mol. The summed E-state index contributed by atoms with van der Waals surface area (Å²) in [5.74, 6) is 0.0422. The zero-order valence-corrected chi connectivity index (χ0v) is 16.8. The smallest absolute Gasteiger partial charge is 0.273 e. The summed E-state index contributed by atoms with van der Waals surface area (Å²) in [7, 11) is 0. The van der Waals surface area contributed by atoms with Crippen LogP contribution >= 0.6 is 15.9 Å². The Labute approximate surface area is 173 Å². The fourth-order valence-electron chi connectivity index (χ4n) is 3.02. The highest BCUT2D eigenvalue weighted by Crippen LogP contribution is 2.28. The van der Waals surface area contributed by atoms with Crippen molar-refractivity contribution in [3.63, 3.8) is 0 Å². The molecule has 4 aromatic rings. The molecular formula is C21H14BrN3O4. The predicted octanol–water partition coefficient (Wildman–Crippen LogP) is 5.73. The van der Waals surface area contributed by atoms with Gasteiger partial charge in [-0.05, 0) is 49.4 Å². The molecule has 29 heavy (non-hydrogen) atoms. The van der Waals surface area contributed by atoms with Crippen molar-refractivity contribution in [1.29, 1.82) is 0 Å². The van der Waals surface area contributed by atoms with Crippen molar-refractivity contribution >= 4 is 44.3 Å². The Hall–Kier alpha value is -3.52. The molecule has 8 heteroatoms. The average Bonchev–Trinajstić information content (AvgIpc) is 3.11. The Balaban J connectivity index is 1.63. The number of oxazole rings is 1. The van der Waals surface area contributed by atoms with Crippen LogP contribution in [0.4, 0.5) is 11.4 Å². The number of carbonyl (C=O) groups is 1. The van der Waals surface area contributed by atoms with Crippen molar-refractivity contribution in [1.82, 2.24) is 4.98 Å². The molecule has 0 saturated heterocycles. The Morgan fingerprint density at radius 2 is 1.93 bits per heavy atom. The topological polar surface area (TPSA) is 98.3 Å². The maximum Gasteiger partial charge on any atom is 0.273 e.